The van der Waals surface area contributed by atoms with Crippen molar-refractivity contribution in [2.45, 2.75) is 19.4 Å². The van der Waals surface area contributed by atoms with E-state index in [-0.39, 0.29) is 0 Å². The van der Waals surface area contributed by atoms with Crippen LogP contribution in [0.2, 0.25) is 0 Å². The molecule has 1 atom stereocenters. The minimum atomic E-state index is 0.748. The first-order valence-corrected chi connectivity index (χ1v) is 4.44. The van der Waals surface area contributed by atoms with Crippen LogP contribution in [-0.2, 0) is 0 Å². The van der Waals surface area contributed by atoms with Crippen LogP contribution in [-0.4, -0.2) is 37.1 Å². The van der Waals surface area contributed by atoms with E-state index in [1.807, 2.05) is 6.08 Å². The Balaban J connectivity index is 2.33. The number of nitrogens with zero attached hydrogens (tertiary/aromatic N) is 1. The lowest BCUT2D eigenvalue weighted by molar-refractivity contribution is 0.243. The molecule has 0 aliphatic carbocycles. The van der Waals surface area contributed by atoms with Crippen molar-refractivity contribution in [3.05, 3.63) is 12.7 Å². The Kier molecular flexibility index (Phi) is 3.60. The highest BCUT2D eigenvalue weighted by molar-refractivity contribution is 4.84. The highest BCUT2D eigenvalue weighted by atomic mass is 15.2. The number of likely N-dealkylation sites (N-methyl/N-ethyl adjacent to an activating group) is 1. The number of rotatable bonds is 4. The second-order valence-electron chi connectivity index (χ2n) is 3.02. The third-order valence-corrected chi connectivity index (χ3v) is 2.32. The van der Waals surface area contributed by atoms with Gasteiger partial charge < -0.3 is 5.32 Å². The van der Waals surface area contributed by atoms with Crippen molar-refractivity contribution in [3.8, 4) is 0 Å². The Bertz CT molecular complexity index is 117. The van der Waals surface area contributed by atoms with Crippen LogP contribution in [0.4, 0.5) is 0 Å². The van der Waals surface area contributed by atoms with Crippen molar-refractivity contribution in [3.63, 3.8) is 0 Å². The van der Waals surface area contributed by atoms with Gasteiger partial charge in [-0.1, -0.05) is 13.0 Å². The second kappa shape index (κ2) is 4.52. The van der Waals surface area contributed by atoms with E-state index < -0.39 is 0 Å². The number of hydrogen-bond donors (Lipinski definition) is 1. The molecular weight excluding hydrogens is 136 g/mol. The minimum absolute atomic E-state index is 0.748. The van der Waals surface area contributed by atoms with Crippen molar-refractivity contribution in [1.29, 1.82) is 0 Å². The molecule has 0 aromatic heterocycles. The molecule has 0 aromatic rings. The summed E-state index contributed by atoms with van der Waals surface area (Å²) in [5.74, 6) is 0. The number of nitrogens with one attached hydrogen (secondary N) is 1. The van der Waals surface area contributed by atoms with Gasteiger partial charge in [0, 0.05) is 19.1 Å². The van der Waals surface area contributed by atoms with E-state index in [1.165, 1.54) is 13.0 Å². The van der Waals surface area contributed by atoms with E-state index in [0.717, 1.165) is 25.7 Å². The van der Waals surface area contributed by atoms with E-state index in [2.05, 4.69) is 23.7 Å². The van der Waals surface area contributed by atoms with Crippen LogP contribution in [0.25, 0.3) is 0 Å². The maximum Gasteiger partial charge on any atom is 0.0235 e. The monoisotopic (exact) mass is 154 g/mol. The van der Waals surface area contributed by atoms with E-state index >= 15 is 0 Å². The zero-order chi connectivity index (χ0) is 8.10. The summed E-state index contributed by atoms with van der Waals surface area (Å²) in [6.07, 6.45) is 3.28. The fraction of sp³-hybridized carbons (Fsp3) is 0.778. The average molecular weight is 154 g/mol. The quantitative estimate of drug-likeness (QED) is 0.604. The lowest BCUT2D eigenvalue weighted by atomic mass is 10.2. The highest BCUT2D eigenvalue weighted by Crippen LogP contribution is 2.07. The van der Waals surface area contributed by atoms with E-state index in [0.29, 0.717) is 0 Å². The SMILES string of the molecule is C=CCN(CC)C1CCNC1. The van der Waals surface area contributed by atoms with Gasteiger partial charge in [0.05, 0.1) is 0 Å². The van der Waals surface area contributed by atoms with Crippen molar-refractivity contribution < 1.29 is 0 Å². The van der Waals surface area contributed by atoms with E-state index in [4.69, 9.17) is 0 Å². The largest absolute Gasteiger partial charge is 0.315 e. The molecule has 2 heteroatoms. The zero-order valence-electron chi connectivity index (χ0n) is 7.34. The van der Waals surface area contributed by atoms with Crippen LogP contribution in [0.15, 0.2) is 12.7 Å². The summed E-state index contributed by atoms with van der Waals surface area (Å²) in [5.41, 5.74) is 0. The van der Waals surface area contributed by atoms with Crippen molar-refractivity contribution >= 4 is 0 Å². The molecule has 0 amide bonds. The fourth-order valence-electron chi connectivity index (χ4n) is 1.65. The maximum atomic E-state index is 3.76. The standard InChI is InChI=1S/C9H18N2/c1-3-7-11(4-2)9-5-6-10-8-9/h3,9-10H,1,4-8H2,2H3. The first kappa shape index (κ1) is 8.75. The topological polar surface area (TPSA) is 15.3 Å². The lowest BCUT2D eigenvalue weighted by Crippen LogP contribution is -2.36. The summed E-state index contributed by atoms with van der Waals surface area (Å²) in [6, 6.07) is 0.748. The summed E-state index contributed by atoms with van der Waals surface area (Å²) in [5, 5.41) is 3.37. The molecule has 0 bridgehead atoms. The normalized spacial score (nSPS) is 24.4. The highest BCUT2D eigenvalue weighted by Gasteiger charge is 2.19. The Morgan fingerprint density at radius 3 is 3.00 bits per heavy atom. The van der Waals surface area contributed by atoms with Crippen LogP contribution in [0.3, 0.4) is 0 Å². The van der Waals surface area contributed by atoms with Crippen LogP contribution < -0.4 is 5.32 Å². The Hall–Kier alpha value is -0.340. The molecule has 2 nitrogen and oxygen atoms in total. The van der Waals surface area contributed by atoms with Gasteiger partial charge in [0.1, 0.15) is 0 Å². The molecule has 1 heterocycles. The van der Waals surface area contributed by atoms with Gasteiger partial charge in [-0.05, 0) is 19.5 Å². The number of hydrogen-bond acceptors (Lipinski definition) is 2. The molecule has 1 rings (SSSR count). The predicted molar refractivity (Wildman–Crippen MR) is 48.7 cm³/mol. The van der Waals surface area contributed by atoms with Gasteiger partial charge >= 0.3 is 0 Å². The smallest absolute Gasteiger partial charge is 0.0235 e. The Morgan fingerprint density at radius 2 is 2.55 bits per heavy atom. The van der Waals surface area contributed by atoms with Gasteiger partial charge in [-0.3, -0.25) is 4.90 Å². The molecule has 1 fully saturated rings. The average Bonchev–Trinajstić information content (AvgIpc) is 2.52. The molecule has 1 aliphatic rings. The molecule has 0 aromatic carbocycles. The minimum Gasteiger partial charge on any atom is -0.315 e. The van der Waals surface area contributed by atoms with Gasteiger partial charge in [-0.25, -0.2) is 0 Å². The molecule has 11 heavy (non-hydrogen) atoms. The maximum absolute atomic E-state index is 3.76. The summed E-state index contributed by atoms with van der Waals surface area (Å²) < 4.78 is 0. The van der Waals surface area contributed by atoms with Gasteiger partial charge in [-0.2, -0.15) is 0 Å². The van der Waals surface area contributed by atoms with Crippen LogP contribution in [0.5, 0.6) is 0 Å². The fourth-order valence-corrected chi connectivity index (χ4v) is 1.65. The van der Waals surface area contributed by atoms with E-state index in [1.54, 1.807) is 0 Å². The first-order chi connectivity index (χ1) is 5.38. The summed E-state index contributed by atoms with van der Waals surface area (Å²) >= 11 is 0. The van der Waals surface area contributed by atoms with Crippen molar-refractivity contribution in [2.24, 2.45) is 0 Å². The summed E-state index contributed by atoms with van der Waals surface area (Å²) in [6.45, 7) is 10.5. The van der Waals surface area contributed by atoms with Crippen molar-refractivity contribution in [1.82, 2.24) is 10.2 Å². The molecular formula is C9H18N2. The third-order valence-electron chi connectivity index (χ3n) is 2.32. The summed E-state index contributed by atoms with van der Waals surface area (Å²) in [4.78, 5) is 2.47. The lowest BCUT2D eigenvalue weighted by Gasteiger charge is -2.24. The summed E-state index contributed by atoms with van der Waals surface area (Å²) in [7, 11) is 0. The molecule has 1 unspecified atom stereocenters. The first-order valence-electron chi connectivity index (χ1n) is 4.44. The zero-order valence-corrected chi connectivity index (χ0v) is 7.34. The Labute approximate surface area is 69.3 Å². The second-order valence-corrected chi connectivity index (χ2v) is 3.02. The molecule has 0 spiro atoms. The Morgan fingerprint density at radius 1 is 1.73 bits per heavy atom. The van der Waals surface area contributed by atoms with E-state index in [9.17, 15) is 0 Å². The van der Waals surface area contributed by atoms with Crippen LogP contribution in [0, 0.1) is 0 Å². The predicted octanol–water partition coefficient (Wildman–Crippen LogP) is 0.856. The molecule has 1 saturated heterocycles. The molecule has 0 saturated carbocycles. The van der Waals surface area contributed by atoms with Gasteiger partial charge in [0.15, 0.2) is 0 Å². The van der Waals surface area contributed by atoms with Crippen molar-refractivity contribution in [2.75, 3.05) is 26.2 Å². The van der Waals surface area contributed by atoms with Gasteiger partial charge in [0.25, 0.3) is 0 Å². The molecule has 64 valence electrons. The molecule has 1 aliphatic heterocycles. The van der Waals surface area contributed by atoms with Gasteiger partial charge in [0.2, 0.25) is 0 Å². The van der Waals surface area contributed by atoms with Crippen LogP contribution in [0.1, 0.15) is 13.3 Å². The third kappa shape index (κ3) is 2.31. The molecule has 0 radical (unpaired) electrons. The molecule has 1 N–H and O–H groups in total. The van der Waals surface area contributed by atoms with Crippen LogP contribution >= 0.6 is 0 Å². The van der Waals surface area contributed by atoms with Gasteiger partial charge in [-0.15, -0.1) is 6.58 Å².